The molecule has 2 heterocycles. The molecule has 1 N–H and O–H groups in total. The molecule has 0 aromatic carbocycles. The molecule has 11 heavy (non-hydrogen) atoms. The first-order chi connectivity index (χ1) is 5.47. The van der Waals surface area contributed by atoms with E-state index in [2.05, 4.69) is 16.4 Å². The Kier molecular flexibility index (Phi) is 3.05. The zero-order valence-corrected chi connectivity index (χ0v) is 7.09. The van der Waals surface area contributed by atoms with Gasteiger partial charge in [0.05, 0.1) is 5.69 Å². The third-order valence-corrected chi connectivity index (χ3v) is 1.59. The maximum atomic E-state index is 4.20. The molecule has 0 aliphatic carbocycles. The monoisotopic (exact) mass is 150 g/mol. The van der Waals surface area contributed by atoms with E-state index in [4.69, 9.17) is 0 Å². The Labute approximate surface area is 67.7 Å². The average Bonchev–Trinajstić information content (AvgIpc) is 2.55. The number of rotatable bonds is 0. The first-order valence-corrected chi connectivity index (χ1v) is 4.10. The van der Waals surface area contributed by atoms with E-state index in [9.17, 15) is 0 Å². The molecule has 0 saturated carbocycles. The summed E-state index contributed by atoms with van der Waals surface area (Å²) in [7, 11) is 0. The molecule has 2 rings (SSSR count). The standard InChI is InChI=1S/C7H8N2.C2H6/c1-2-6-4-8-5-7(6)9-3-1;1-2/h1-3,8H,4-5H2;1-2H3. The largest absolute Gasteiger partial charge is 0.307 e. The van der Waals surface area contributed by atoms with Gasteiger partial charge in [0.1, 0.15) is 0 Å². The molecule has 0 fully saturated rings. The fraction of sp³-hybridized carbons (Fsp3) is 0.444. The van der Waals surface area contributed by atoms with Gasteiger partial charge in [-0.15, -0.1) is 0 Å². The fourth-order valence-electron chi connectivity index (χ4n) is 1.11. The maximum absolute atomic E-state index is 4.20. The van der Waals surface area contributed by atoms with Gasteiger partial charge in [-0.25, -0.2) is 0 Å². The third kappa shape index (κ3) is 1.77. The van der Waals surface area contributed by atoms with Crippen molar-refractivity contribution in [3.8, 4) is 0 Å². The van der Waals surface area contributed by atoms with Gasteiger partial charge in [-0.3, -0.25) is 4.98 Å². The molecule has 2 heteroatoms. The summed E-state index contributed by atoms with van der Waals surface area (Å²) in [5.41, 5.74) is 2.55. The molecule has 1 aromatic heterocycles. The van der Waals surface area contributed by atoms with Crippen molar-refractivity contribution in [2.75, 3.05) is 0 Å². The van der Waals surface area contributed by atoms with Crippen LogP contribution in [-0.2, 0) is 13.1 Å². The van der Waals surface area contributed by atoms with Crippen molar-refractivity contribution >= 4 is 0 Å². The molecular weight excluding hydrogens is 136 g/mol. The Morgan fingerprint density at radius 1 is 1.36 bits per heavy atom. The fourth-order valence-corrected chi connectivity index (χ4v) is 1.11. The predicted molar refractivity (Wildman–Crippen MR) is 46.1 cm³/mol. The lowest BCUT2D eigenvalue weighted by Gasteiger charge is -1.90. The highest BCUT2D eigenvalue weighted by Gasteiger charge is 2.07. The molecule has 0 saturated heterocycles. The molecule has 1 aromatic rings. The van der Waals surface area contributed by atoms with Crippen LogP contribution in [0.5, 0.6) is 0 Å². The van der Waals surface area contributed by atoms with Crippen LogP contribution in [-0.4, -0.2) is 4.98 Å². The molecule has 1 aliphatic heterocycles. The normalized spacial score (nSPS) is 13.3. The van der Waals surface area contributed by atoms with Gasteiger partial charge in [-0.2, -0.15) is 0 Å². The molecule has 2 nitrogen and oxygen atoms in total. The second-order valence-electron chi connectivity index (χ2n) is 2.21. The topological polar surface area (TPSA) is 24.9 Å². The van der Waals surface area contributed by atoms with Crippen molar-refractivity contribution in [2.45, 2.75) is 26.9 Å². The number of hydrogen-bond donors (Lipinski definition) is 1. The first kappa shape index (κ1) is 8.21. The van der Waals surface area contributed by atoms with E-state index in [0.717, 1.165) is 13.1 Å². The molecule has 60 valence electrons. The van der Waals surface area contributed by atoms with Crippen molar-refractivity contribution < 1.29 is 0 Å². The van der Waals surface area contributed by atoms with Crippen LogP contribution in [0.15, 0.2) is 18.3 Å². The Morgan fingerprint density at radius 2 is 2.18 bits per heavy atom. The average molecular weight is 150 g/mol. The van der Waals surface area contributed by atoms with Crippen LogP contribution in [0.2, 0.25) is 0 Å². The van der Waals surface area contributed by atoms with E-state index in [1.165, 1.54) is 11.3 Å². The van der Waals surface area contributed by atoms with Crippen molar-refractivity contribution in [2.24, 2.45) is 0 Å². The van der Waals surface area contributed by atoms with Gasteiger partial charge in [0.2, 0.25) is 0 Å². The summed E-state index contributed by atoms with van der Waals surface area (Å²) in [5, 5.41) is 3.23. The molecule has 0 atom stereocenters. The van der Waals surface area contributed by atoms with Crippen molar-refractivity contribution in [1.29, 1.82) is 0 Å². The van der Waals surface area contributed by atoms with Crippen molar-refractivity contribution in [3.63, 3.8) is 0 Å². The Bertz CT molecular complexity index is 198. The van der Waals surface area contributed by atoms with Crippen LogP contribution in [0.1, 0.15) is 25.1 Å². The zero-order valence-electron chi connectivity index (χ0n) is 7.09. The number of aromatic nitrogens is 1. The van der Waals surface area contributed by atoms with Crippen LogP contribution < -0.4 is 5.32 Å². The quantitative estimate of drug-likeness (QED) is 0.609. The highest BCUT2D eigenvalue weighted by atomic mass is 14.9. The number of nitrogens with zero attached hydrogens (tertiary/aromatic N) is 1. The summed E-state index contributed by atoms with van der Waals surface area (Å²) in [4.78, 5) is 4.20. The van der Waals surface area contributed by atoms with Crippen molar-refractivity contribution in [1.82, 2.24) is 10.3 Å². The number of fused-ring (bicyclic) bond motifs is 1. The summed E-state index contributed by atoms with van der Waals surface area (Å²) in [5.74, 6) is 0. The van der Waals surface area contributed by atoms with Crippen LogP contribution in [0.25, 0.3) is 0 Å². The maximum Gasteiger partial charge on any atom is 0.0586 e. The van der Waals surface area contributed by atoms with Crippen LogP contribution in [0.3, 0.4) is 0 Å². The number of pyridine rings is 1. The minimum atomic E-state index is 0.941. The number of hydrogen-bond acceptors (Lipinski definition) is 2. The molecule has 0 unspecified atom stereocenters. The van der Waals surface area contributed by atoms with E-state index in [-0.39, 0.29) is 0 Å². The summed E-state index contributed by atoms with van der Waals surface area (Å²) in [6.07, 6.45) is 1.84. The van der Waals surface area contributed by atoms with Gasteiger partial charge in [0.25, 0.3) is 0 Å². The Hall–Kier alpha value is -0.890. The number of nitrogens with one attached hydrogen (secondary N) is 1. The minimum Gasteiger partial charge on any atom is -0.307 e. The summed E-state index contributed by atoms with van der Waals surface area (Å²) >= 11 is 0. The minimum absolute atomic E-state index is 0.941. The lowest BCUT2D eigenvalue weighted by Crippen LogP contribution is -2.00. The van der Waals surface area contributed by atoms with Gasteiger partial charge >= 0.3 is 0 Å². The van der Waals surface area contributed by atoms with Crippen LogP contribution in [0, 0.1) is 0 Å². The van der Waals surface area contributed by atoms with Gasteiger partial charge in [0, 0.05) is 19.3 Å². The van der Waals surface area contributed by atoms with E-state index in [1.807, 2.05) is 26.1 Å². The highest BCUT2D eigenvalue weighted by molar-refractivity contribution is 5.22. The lowest BCUT2D eigenvalue weighted by molar-refractivity contribution is 0.757. The van der Waals surface area contributed by atoms with E-state index in [0.29, 0.717) is 0 Å². The van der Waals surface area contributed by atoms with Gasteiger partial charge in [-0.1, -0.05) is 19.9 Å². The SMILES string of the molecule is CC.c1cnc2c(c1)CNC2. The lowest BCUT2D eigenvalue weighted by atomic mass is 10.2. The highest BCUT2D eigenvalue weighted by Crippen LogP contribution is 2.09. The van der Waals surface area contributed by atoms with Gasteiger partial charge in [-0.05, 0) is 11.6 Å². The molecule has 0 spiro atoms. The van der Waals surface area contributed by atoms with Crippen LogP contribution in [0.4, 0.5) is 0 Å². The first-order valence-electron chi connectivity index (χ1n) is 4.10. The summed E-state index contributed by atoms with van der Waals surface area (Å²) < 4.78 is 0. The van der Waals surface area contributed by atoms with Crippen molar-refractivity contribution in [3.05, 3.63) is 29.6 Å². The van der Waals surface area contributed by atoms with Gasteiger partial charge < -0.3 is 5.32 Å². The summed E-state index contributed by atoms with van der Waals surface area (Å²) in [6, 6.07) is 4.09. The molecule has 0 bridgehead atoms. The van der Waals surface area contributed by atoms with E-state index < -0.39 is 0 Å². The zero-order chi connectivity index (χ0) is 8.10. The van der Waals surface area contributed by atoms with Gasteiger partial charge in [0.15, 0.2) is 0 Å². The molecular formula is C9H14N2. The molecule has 0 radical (unpaired) electrons. The smallest absolute Gasteiger partial charge is 0.0586 e. The molecule has 1 aliphatic rings. The molecule has 0 amide bonds. The second-order valence-corrected chi connectivity index (χ2v) is 2.21. The summed E-state index contributed by atoms with van der Waals surface area (Å²) in [6.45, 7) is 5.93. The third-order valence-electron chi connectivity index (χ3n) is 1.59. The van der Waals surface area contributed by atoms with E-state index >= 15 is 0 Å². The predicted octanol–water partition coefficient (Wildman–Crippen LogP) is 1.71. The van der Waals surface area contributed by atoms with Crippen LogP contribution >= 0.6 is 0 Å². The second kappa shape index (κ2) is 4.09. The Balaban J connectivity index is 0.000000281. The van der Waals surface area contributed by atoms with E-state index in [1.54, 1.807) is 0 Å². The Morgan fingerprint density at radius 3 is 2.91 bits per heavy atom.